The summed E-state index contributed by atoms with van der Waals surface area (Å²) in [6, 6.07) is 5.37. The van der Waals surface area contributed by atoms with Gasteiger partial charge in [0.2, 0.25) is 5.91 Å². The number of hydrogen-bond donors (Lipinski definition) is 5. The van der Waals surface area contributed by atoms with E-state index in [4.69, 9.17) is 22.4 Å². The van der Waals surface area contributed by atoms with Crippen LogP contribution in [0.25, 0.3) is 0 Å². The van der Waals surface area contributed by atoms with Crippen molar-refractivity contribution in [3.8, 4) is 0 Å². The molecule has 1 aromatic heterocycles. The molecule has 0 bridgehead atoms. The zero-order chi connectivity index (χ0) is 22.7. The fraction of sp³-hybridized carbons (Fsp3) is 0.300. The molecule has 6 N–H and O–H groups in total. The van der Waals surface area contributed by atoms with E-state index >= 15 is 0 Å². The summed E-state index contributed by atoms with van der Waals surface area (Å²) in [5, 5.41) is 17.3. The van der Waals surface area contributed by atoms with Crippen molar-refractivity contribution in [1.29, 1.82) is 0 Å². The Hall–Kier alpha value is -3.08. The molecule has 3 rings (SSSR count). The van der Waals surface area contributed by atoms with Crippen molar-refractivity contribution in [3.05, 3.63) is 57.5 Å². The molecule has 2 amide bonds. The van der Waals surface area contributed by atoms with Gasteiger partial charge in [-0.15, -0.1) is 12.4 Å². The number of aliphatic carboxylic acids is 1. The minimum atomic E-state index is -0.980. The number of amides is 2. The molecule has 1 aliphatic rings. The first-order valence-electron chi connectivity index (χ1n) is 9.51. The minimum absolute atomic E-state index is 0. The van der Waals surface area contributed by atoms with Crippen LogP contribution in [0.1, 0.15) is 29.7 Å². The van der Waals surface area contributed by atoms with Crippen LogP contribution < -0.4 is 27.2 Å². The molecule has 1 aromatic carbocycles. The molecule has 2 heterocycles. The molecule has 32 heavy (non-hydrogen) atoms. The van der Waals surface area contributed by atoms with E-state index in [0.717, 1.165) is 0 Å². The summed E-state index contributed by atoms with van der Waals surface area (Å²) in [6.07, 6.45) is 1.69. The number of carboxylic acid groups (broad SMARTS) is 1. The number of carboxylic acids is 1. The largest absolute Gasteiger partial charge is 0.480 e. The second kappa shape index (κ2) is 10.5. The third-order valence-electron chi connectivity index (χ3n) is 5.06. The lowest BCUT2D eigenvalue weighted by Crippen LogP contribution is -2.42. The summed E-state index contributed by atoms with van der Waals surface area (Å²) in [5.74, 6) is -1.97. The predicted octanol–water partition coefficient (Wildman–Crippen LogP) is 1.25. The average molecular weight is 484 g/mol. The Bertz CT molecular complexity index is 1090. The van der Waals surface area contributed by atoms with Gasteiger partial charge in [-0.3, -0.25) is 19.2 Å². The smallest absolute Gasteiger partial charge is 0.320 e. The number of rotatable bonds is 6. The van der Waals surface area contributed by atoms with Crippen molar-refractivity contribution < 1.29 is 19.5 Å². The number of hydrogen-bond acceptors (Lipinski definition) is 6. The van der Waals surface area contributed by atoms with Crippen LogP contribution >= 0.6 is 24.0 Å². The standard InChI is InChI=1S/C20H22ClN5O5.ClH/c1-10(17(27)24-12-8-16(20(30)31)23-9-12)26-6-2-3-15(19(26)29)25-18(28)11-4-5-14(22)13(21)7-11;/h2-7,10,12,16,23H,8-9,22H2,1H3,(H,24,27)(H,25,28)(H,30,31);1H/t10?,12-,16+;/m1./s1. The number of carbonyl (C=O) groups excluding carboxylic acids is 2. The average Bonchev–Trinajstić information content (AvgIpc) is 3.20. The van der Waals surface area contributed by atoms with E-state index in [-0.39, 0.29) is 41.1 Å². The topological polar surface area (TPSA) is 156 Å². The maximum absolute atomic E-state index is 12.8. The van der Waals surface area contributed by atoms with Gasteiger partial charge in [0.15, 0.2) is 0 Å². The molecule has 10 nitrogen and oxygen atoms in total. The number of carbonyl (C=O) groups is 3. The fourth-order valence-electron chi connectivity index (χ4n) is 3.25. The Kier molecular flexibility index (Phi) is 8.25. The quantitative estimate of drug-likeness (QED) is 0.387. The number of aromatic nitrogens is 1. The molecular weight excluding hydrogens is 461 g/mol. The number of nitrogen functional groups attached to an aromatic ring is 1. The second-order valence-corrected chi connectivity index (χ2v) is 7.65. The van der Waals surface area contributed by atoms with Gasteiger partial charge < -0.3 is 31.4 Å². The van der Waals surface area contributed by atoms with Crippen molar-refractivity contribution in [3.63, 3.8) is 0 Å². The minimum Gasteiger partial charge on any atom is -0.480 e. The summed E-state index contributed by atoms with van der Waals surface area (Å²) in [4.78, 5) is 48.9. The molecule has 1 unspecified atom stereocenters. The van der Waals surface area contributed by atoms with Crippen molar-refractivity contribution in [2.24, 2.45) is 0 Å². The molecular formula is C20H23Cl2N5O5. The van der Waals surface area contributed by atoms with Crippen LogP contribution in [0.2, 0.25) is 5.02 Å². The van der Waals surface area contributed by atoms with E-state index in [1.54, 1.807) is 6.92 Å². The van der Waals surface area contributed by atoms with Crippen LogP contribution in [0, 0.1) is 0 Å². The first-order valence-corrected chi connectivity index (χ1v) is 9.89. The molecule has 0 saturated carbocycles. The third kappa shape index (κ3) is 5.58. The molecule has 0 radical (unpaired) electrons. The number of anilines is 2. The number of nitrogens with two attached hydrogens (primary N) is 1. The molecule has 2 aromatic rings. The molecule has 3 atom stereocenters. The van der Waals surface area contributed by atoms with Crippen molar-refractivity contribution >= 4 is 53.2 Å². The number of nitrogens with one attached hydrogen (secondary N) is 3. The van der Waals surface area contributed by atoms with E-state index in [9.17, 15) is 19.2 Å². The molecule has 172 valence electrons. The highest BCUT2D eigenvalue weighted by atomic mass is 35.5. The zero-order valence-corrected chi connectivity index (χ0v) is 18.6. The van der Waals surface area contributed by atoms with Crippen LogP contribution in [-0.4, -0.2) is 46.1 Å². The Morgan fingerprint density at radius 1 is 1.31 bits per heavy atom. The summed E-state index contributed by atoms with van der Waals surface area (Å²) in [5.41, 5.74) is 5.62. The Morgan fingerprint density at radius 2 is 2.03 bits per heavy atom. The number of benzene rings is 1. The Balaban J connectivity index is 0.00000363. The molecule has 0 spiro atoms. The highest BCUT2D eigenvalue weighted by Gasteiger charge is 2.31. The predicted molar refractivity (Wildman–Crippen MR) is 122 cm³/mol. The third-order valence-corrected chi connectivity index (χ3v) is 5.38. The van der Waals surface area contributed by atoms with Gasteiger partial charge in [-0.2, -0.15) is 0 Å². The van der Waals surface area contributed by atoms with Crippen LogP contribution in [0.5, 0.6) is 0 Å². The lowest BCUT2D eigenvalue weighted by atomic mass is 10.1. The molecule has 0 aliphatic carbocycles. The first kappa shape index (κ1) is 25.2. The normalized spacial score (nSPS) is 18.3. The van der Waals surface area contributed by atoms with E-state index in [0.29, 0.717) is 12.2 Å². The van der Waals surface area contributed by atoms with Gasteiger partial charge in [-0.1, -0.05) is 11.6 Å². The highest BCUT2D eigenvalue weighted by Crippen LogP contribution is 2.20. The number of nitrogens with zero attached hydrogens (tertiary/aromatic N) is 1. The van der Waals surface area contributed by atoms with Crippen molar-refractivity contribution in [1.82, 2.24) is 15.2 Å². The number of halogens is 2. The van der Waals surface area contributed by atoms with Crippen LogP contribution in [-0.2, 0) is 9.59 Å². The van der Waals surface area contributed by atoms with Gasteiger partial charge in [-0.25, -0.2) is 0 Å². The highest BCUT2D eigenvalue weighted by molar-refractivity contribution is 6.33. The maximum Gasteiger partial charge on any atom is 0.320 e. The van der Waals surface area contributed by atoms with Gasteiger partial charge in [0.25, 0.3) is 11.5 Å². The fourth-order valence-corrected chi connectivity index (χ4v) is 3.44. The monoisotopic (exact) mass is 483 g/mol. The maximum atomic E-state index is 12.8. The Labute approximate surface area is 194 Å². The lowest BCUT2D eigenvalue weighted by molar-refractivity contribution is -0.139. The van der Waals surface area contributed by atoms with E-state index in [2.05, 4.69) is 16.0 Å². The summed E-state index contributed by atoms with van der Waals surface area (Å²) >= 11 is 5.94. The Morgan fingerprint density at radius 3 is 2.66 bits per heavy atom. The SMILES string of the molecule is CC(C(=O)N[C@H]1CN[C@H](C(=O)O)C1)n1cccc(NC(=O)c2ccc(N)c(Cl)c2)c1=O.Cl. The summed E-state index contributed by atoms with van der Waals surface area (Å²) in [7, 11) is 0. The van der Waals surface area contributed by atoms with Gasteiger partial charge in [-0.05, 0) is 43.7 Å². The summed E-state index contributed by atoms with van der Waals surface area (Å²) in [6.45, 7) is 1.86. The van der Waals surface area contributed by atoms with Crippen LogP contribution in [0.15, 0.2) is 41.3 Å². The van der Waals surface area contributed by atoms with Gasteiger partial charge in [0.1, 0.15) is 17.8 Å². The lowest BCUT2D eigenvalue weighted by Gasteiger charge is -2.19. The molecule has 1 fully saturated rings. The first-order chi connectivity index (χ1) is 14.7. The molecule has 1 saturated heterocycles. The van der Waals surface area contributed by atoms with Crippen LogP contribution in [0.3, 0.4) is 0 Å². The molecule has 12 heteroatoms. The van der Waals surface area contributed by atoms with E-state index in [1.165, 1.54) is 41.1 Å². The van der Waals surface area contributed by atoms with Crippen LogP contribution in [0.4, 0.5) is 11.4 Å². The van der Waals surface area contributed by atoms with Gasteiger partial charge in [0.05, 0.1) is 10.7 Å². The zero-order valence-electron chi connectivity index (χ0n) is 17.0. The second-order valence-electron chi connectivity index (χ2n) is 7.24. The number of pyridine rings is 1. The molecule has 1 aliphatic heterocycles. The van der Waals surface area contributed by atoms with Crippen molar-refractivity contribution in [2.45, 2.75) is 31.5 Å². The summed E-state index contributed by atoms with van der Waals surface area (Å²) < 4.78 is 1.19. The van der Waals surface area contributed by atoms with Gasteiger partial charge >= 0.3 is 5.97 Å². The van der Waals surface area contributed by atoms with E-state index < -0.39 is 35.4 Å². The van der Waals surface area contributed by atoms with Gasteiger partial charge in [0, 0.05) is 24.3 Å². The van der Waals surface area contributed by atoms with Crippen molar-refractivity contribution in [2.75, 3.05) is 17.6 Å². The van der Waals surface area contributed by atoms with E-state index in [1.807, 2.05) is 0 Å².